The molecule has 0 bridgehead atoms. The summed E-state index contributed by atoms with van der Waals surface area (Å²) in [6.07, 6.45) is 0. The fourth-order valence-electron chi connectivity index (χ4n) is 1.38. The standard InChI is InChI=1S/C8H20OSi.C8H10/c1-7-9-10(5,6)8(2,3)4;1-7-4-3-5-8(2)6-7/h7H2,1-6H3;3-6H,1-2H3. The third-order valence-electron chi connectivity index (χ3n) is 3.48. The SMILES string of the molecule is CCO[Si](C)(C)C(C)(C)C.Cc1cccc(C)c1. The molecule has 1 nitrogen and oxygen atoms in total. The van der Waals surface area contributed by atoms with E-state index in [9.17, 15) is 0 Å². The molecule has 1 rings (SSSR count). The summed E-state index contributed by atoms with van der Waals surface area (Å²) in [4.78, 5) is 0. The zero-order chi connectivity index (χ0) is 14.4. The Kier molecular flexibility index (Phi) is 6.86. The van der Waals surface area contributed by atoms with Gasteiger partial charge in [0.2, 0.25) is 0 Å². The lowest BCUT2D eigenvalue weighted by atomic mass is 10.2. The van der Waals surface area contributed by atoms with Gasteiger partial charge in [0, 0.05) is 6.61 Å². The summed E-state index contributed by atoms with van der Waals surface area (Å²) in [5.74, 6) is 0. The summed E-state index contributed by atoms with van der Waals surface area (Å²) in [6.45, 7) is 18.5. The largest absolute Gasteiger partial charge is 0.417 e. The van der Waals surface area contributed by atoms with Gasteiger partial charge in [-0.15, -0.1) is 0 Å². The second kappa shape index (κ2) is 7.10. The lowest BCUT2D eigenvalue weighted by Gasteiger charge is -2.35. The Morgan fingerprint density at radius 3 is 1.67 bits per heavy atom. The first-order valence-corrected chi connectivity index (χ1v) is 9.68. The Balaban J connectivity index is 0.000000327. The van der Waals surface area contributed by atoms with E-state index in [1.807, 2.05) is 0 Å². The van der Waals surface area contributed by atoms with Gasteiger partial charge in [-0.05, 0) is 38.9 Å². The number of hydrogen-bond donors (Lipinski definition) is 0. The third kappa shape index (κ3) is 6.36. The zero-order valence-corrected chi connectivity index (χ0v) is 14.4. The summed E-state index contributed by atoms with van der Waals surface area (Å²) >= 11 is 0. The minimum Gasteiger partial charge on any atom is -0.417 e. The molecule has 0 N–H and O–H groups in total. The van der Waals surface area contributed by atoms with Crippen LogP contribution in [0.15, 0.2) is 24.3 Å². The quantitative estimate of drug-likeness (QED) is 0.657. The first-order valence-electron chi connectivity index (χ1n) is 6.77. The van der Waals surface area contributed by atoms with Gasteiger partial charge in [-0.2, -0.15) is 0 Å². The predicted molar refractivity (Wildman–Crippen MR) is 84.7 cm³/mol. The topological polar surface area (TPSA) is 9.23 Å². The Morgan fingerprint density at radius 2 is 1.50 bits per heavy atom. The molecule has 0 spiro atoms. The van der Waals surface area contributed by atoms with Gasteiger partial charge in [0.05, 0.1) is 0 Å². The van der Waals surface area contributed by atoms with Crippen molar-refractivity contribution in [2.24, 2.45) is 0 Å². The van der Waals surface area contributed by atoms with E-state index in [0.717, 1.165) is 6.61 Å². The highest BCUT2D eigenvalue weighted by atomic mass is 28.4. The van der Waals surface area contributed by atoms with E-state index in [0.29, 0.717) is 5.04 Å². The Bertz CT molecular complexity index is 333. The minimum atomic E-state index is -1.40. The van der Waals surface area contributed by atoms with Gasteiger partial charge in [0.15, 0.2) is 8.32 Å². The van der Waals surface area contributed by atoms with Gasteiger partial charge in [-0.25, -0.2) is 0 Å². The number of rotatable bonds is 2. The molecule has 1 aromatic rings. The summed E-state index contributed by atoms with van der Waals surface area (Å²) in [7, 11) is -1.40. The summed E-state index contributed by atoms with van der Waals surface area (Å²) < 4.78 is 5.73. The molecule has 0 aromatic heterocycles. The van der Waals surface area contributed by atoms with Crippen molar-refractivity contribution in [3.05, 3.63) is 35.4 Å². The van der Waals surface area contributed by atoms with E-state index in [1.54, 1.807) is 0 Å². The molecule has 0 aliphatic heterocycles. The lowest BCUT2D eigenvalue weighted by Crippen LogP contribution is -2.40. The highest BCUT2D eigenvalue weighted by molar-refractivity contribution is 6.74. The molecule has 1 aromatic carbocycles. The fraction of sp³-hybridized carbons (Fsp3) is 0.625. The summed E-state index contributed by atoms with van der Waals surface area (Å²) in [5.41, 5.74) is 2.68. The van der Waals surface area contributed by atoms with Crippen molar-refractivity contribution in [1.82, 2.24) is 0 Å². The zero-order valence-electron chi connectivity index (χ0n) is 13.4. The monoisotopic (exact) mass is 266 g/mol. The number of hydrogen-bond acceptors (Lipinski definition) is 1. The maximum atomic E-state index is 5.73. The van der Waals surface area contributed by atoms with Crippen LogP contribution in [0.25, 0.3) is 0 Å². The van der Waals surface area contributed by atoms with Crippen molar-refractivity contribution in [3.63, 3.8) is 0 Å². The molecule has 104 valence electrons. The second-order valence-corrected chi connectivity index (χ2v) is 11.2. The van der Waals surface area contributed by atoms with Gasteiger partial charge < -0.3 is 4.43 Å². The van der Waals surface area contributed by atoms with Crippen LogP contribution in [-0.4, -0.2) is 14.9 Å². The van der Waals surface area contributed by atoms with Gasteiger partial charge in [0.1, 0.15) is 0 Å². The fourth-order valence-corrected chi connectivity index (χ4v) is 2.54. The smallest absolute Gasteiger partial charge is 0.191 e. The van der Waals surface area contributed by atoms with E-state index >= 15 is 0 Å². The number of benzene rings is 1. The molecule has 0 saturated heterocycles. The molecule has 0 aliphatic carbocycles. The lowest BCUT2D eigenvalue weighted by molar-refractivity contribution is 0.308. The van der Waals surface area contributed by atoms with Crippen LogP contribution in [0.3, 0.4) is 0 Å². The molecule has 0 amide bonds. The molecule has 0 atom stereocenters. The normalized spacial score (nSPS) is 11.8. The van der Waals surface area contributed by atoms with Crippen LogP contribution in [0.2, 0.25) is 18.1 Å². The van der Waals surface area contributed by atoms with Crippen molar-refractivity contribution in [3.8, 4) is 0 Å². The first kappa shape index (κ1) is 17.4. The van der Waals surface area contributed by atoms with Gasteiger partial charge >= 0.3 is 0 Å². The van der Waals surface area contributed by atoms with Crippen LogP contribution in [-0.2, 0) is 4.43 Å². The van der Waals surface area contributed by atoms with E-state index < -0.39 is 8.32 Å². The minimum absolute atomic E-state index is 0.364. The van der Waals surface area contributed by atoms with Crippen molar-refractivity contribution in [2.75, 3.05) is 6.61 Å². The van der Waals surface area contributed by atoms with Crippen LogP contribution in [0, 0.1) is 13.8 Å². The molecular weight excluding hydrogens is 236 g/mol. The van der Waals surface area contributed by atoms with Crippen LogP contribution >= 0.6 is 0 Å². The molecule has 18 heavy (non-hydrogen) atoms. The maximum absolute atomic E-state index is 5.73. The van der Waals surface area contributed by atoms with Crippen molar-refractivity contribution in [1.29, 1.82) is 0 Å². The van der Waals surface area contributed by atoms with E-state index in [4.69, 9.17) is 4.43 Å². The van der Waals surface area contributed by atoms with Crippen molar-refractivity contribution < 1.29 is 4.43 Å². The summed E-state index contributed by atoms with van der Waals surface area (Å²) in [5, 5.41) is 0.364. The maximum Gasteiger partial charge on any atom is 0.191 e. The van der Waals surface area contributed by atoms with Crippen LogP contribution in [0.1, 0.15) is 38.8 Å². The third-order valence-corrected chi connectivity index (χ3v) is 8.11. The van der Waals surface area contributed by atoms with E-state index in [-0.39, 0.29) is 0 Å². The highest BCUT2D eigenvalue weighted by Crippen LogP contribution is 2.36. The van der Waals surface area contributed by atoms with Crippen molar-refractivity contribution in [2.45, 2.75) is 59.7 Å². The van der Waals surface area contributed by atoms with Gasteiger partial charge in [0.25, 0.3) is 0 Å². The number of aryl methyl sites for hydroxylation is 2. The molecule has 0 radical (unpaired) electrons. The highest BCUT2D eigenvalue weighted by Gasteiger charge is 2.36. The molecular formula is C16H30OSi. The molecule has 0 fully saturated rings. The van der Waals surface area contributed by atoms with E-state index in [1.165, 1.54) is 11.1 Å². The van der Waals surface area contributed by atoms with Gasteiger partial charge in [-0.1, -0.05) is 56.2 Å². The Labute approximate surface area is 115 Å². The van der Waals surface area contributed by atoms with Gasteiger partial charge in [-0.3, -0.25) is 0 Å². The van der Waals surface area contributed by atoms with Crippen LogP contribution < -0.4 is 0 Å². The second-order valence-electron chi connectivity index (χ2n) is 6.35. The molecule has 0 heterocycles. The molecule has 0 aliphatic rings. The summed E-state index contributed by atoms with van der Waals surface area (Å²) in [6, 6.07) is 8.45. The predicted octanol–water partition coefficient (Wildman–Crippen LogP) is 5.33. The average Bonchev–Trinajstić information content (AvgIpc) is 2.15. The van der Waals surface area contributed by atoms with E-state index in [2.05, 4.69) is 78.9 Å². The molecule has 2 heteroatoms. The van der Waals surface area contributed by atoms with Crippen LogP contribution in [0.5, 0.6) is 0 Å². The Hall–Kier alpha value is -0.603. The van der Waals surface area contributed by atoms with Crippen LogP contribution in [0.4, 0.5) is 0 Å². The molecule has 0 saturated carbocycles. The average molecular weight is 267 g/mol. The molecule has 0 unspecified atom stereocenters. The Morgan fingerprint density at radius 1 is 1.06 bits per heavy atom. The first-order chi connectivity index (χ1) is 8.10. The van der Waals surface area contributed by atoms with Crippen molar-refractivity contribution >= 4 is 8.32 Å².